The first-order chi connectivity index (χ1) is 11.6. The summed E-state index contributed by atoms with van der Waals surface area (Å²) in [4.78, 5) is 32.2. The Kier molecular flexibility index (Phi) is 4.55. The third kappa shape index (κ3) is 3.27. The van der Waals surface area contributed by atoms with E-state index in [1.165, 1.54) is 12.1 Å². The van der Waals surface area contributed by atoms with E-state index in [1.807, 2.05) is 0 Å². The van der Waals surface area contributed by atoms with Crippen molar-refractivity contribution in [1.29, 1.82) is 0 Å². The second-order valence-corrected chi connectivity index (χ2v) is 5.78. The van der Waals surface area contributed by atoms with Crippen molar-refractivity contribution >= 4 is 11.8 Å². The van der Waals surface area contributed by atoms with Gasteiger partial charge in [-0.05, 0) is 42.8 Å². The van der Waals surface area contributed by atoms with Gasteiger partial charge in [-0.25, -0.2) is 4.39 Å². The molecule has 6 heteroatoms. The Balaban J connectivity index is 1.63. The van der Waals surface area contributed by atoms with Crippen LogP contribution in [0.5, 0.6) is 0 Å². The number of rotatable bonds is 2. The zero-order valence-electron chi connectivity index (χ0n) is 13.4. The maximum Gasteiger partial charge on any atom is 0.254 e. The summed E-state index contributed by atoms with van der Waals surface area (Å²) in [5.74, 6) is -0.504. The van der Waals surface area contributed by atoms with Crippen molar-refractivity contribution in [2.24, 2.45) is 0 Å². The highest BCUT2D eigenvalue weighted by atomic mass is 19.1. The monoisotopic (exact) mass is 327 g/mol. The van der Waals surface area contributed by atoms with Gasteiger partial charge >= 0.3 is 0 Å². The number of benzene rings is 1. The van der Waals surface area contributed by atoms with Crippen molar-refractivity contribution in [2.75, 3.05) is 26.2 Å². The van der Waals surface area contributed by atoms with Crippen molar-refractivity contribution in [3.63, 3.8) is 0 Å². The summed E-state index contributed by atoms with van der Waals surface area (Å²) in [6.07, 6.45) is 3.17. The summed E-state index contributed by atoms with van der Waals surface area (Å²) in [6, 6.07) is 7.74. The molecule has 1 fully saturated rings. The molecule has 0 N–H and O–H groups in total. The average Bonchev–Trinajstić information content (AvgIpc) is 2.63. The number of pyridine rings is 1. The summed E-state index contributed by atoms with van der Waals surface area (Å²) in [5, 5.41) is 0. The number of halogens is 1. The highest BCUT2D eigenvalue weighted by Crippen LogP contribution is 2.14. The van der Waals surface area contributed by atoms with E-state index in [9.17, 15) is 14.0 Å². The van der Waals surface area contributed by atoms with Crippen molar-refractivity contribution < 1.29 is 14.0 Å². The molecule has 0 spiro atoms. The lowest BCUT2D eigenvalue weighted by molar-refractivity contribution is 0.0535. The lowest BCUT2D eigenvalue weighted by atomic mass is 10.1. The minimum atomic E-state index is -0.320. The molecule has 124 valence electrons. The quantitative estimate of drug-likeness (QED) is 0.849. The van der Waals surface area contributed by atoms with Crippen molar-refractivity contribution in [2.45, 2.75) is 6.92 Å². The van der Waals surface area contributed by atoms with Crippen LogP contribution in [-0.4, -0.2) is 52.8 Å². The predicted octanol–water partition coefficient (Wildman–Crippen LogP) is 2.13. The standard InChI is InChI=1S/C18H18FN3O2/c1-13-12-15(2-3-16(13)19)18(24)22-10-8-21(9-11-22)17(23)14-4-6-20-7-5-14/h2-7,12H,8-11H2,1H3. The number of amides is 2. The van der Waals surface area contributed by atoms with Gasteiger partial charge in [0, 0.05) is 49.7 Å². The number of aromatic nitrogens is 1. The molecule has 1 aromatic carbocycles. The first-order valence-electron chi connectivity index (χ1n) is 7.81. The Hall–Kier alpha value is -2.76. The van der Waals surface area contributed by atoms with Crippen LogP contribution in [0, 0.1) is 12.7 Å². The van der Waals surface area contributed by atoms with Gasteiger partial charge in [0.2, 0.25) is 0 Å². The Morgan fingerprint density at radius 3 is 2.00 bits per heavy atom. The molecule has 1 aromatic heterocycles. The van der Waals surface area contributed by atoms with Gasteiger partial charge in [-0.1, -0.05) is 0 Å². The molecule has 0 unspecified atom stereocenters. The second kappa shape index (κ2) is 6.78. The van der Waals surface area contributed by atoms with E-state index in [-0.39, 0.29) is 17.6 Å². The van der Waals surface area contributed by atoms with Crippen molar-refractivity contribution in [1.82, 2.24) is 14.8 Å². The van der Waals surface area contributed by atoms with Crippen molar-refractivity contribution in [3.8, 4) is 0 Å². The fourth-order valence-electron chi connectivity index (χ4n) is 2.75. The molecule has 2 aromatic rings. The van der Waals surface area contributed by atoms with Gasteiger partial charge < -0.3 is 9.80 Å². The van der Waals surface area contributed by atoms with Crippen LogP contribution in [0.4, 0.5) is 4.39 Å². The van der Waals surface area contributed by atoms with Gasteiger partial charge in [0.15, 0.2) is 0 Å². The van der Waals surface area contributed by atoms with Gasteiger partial charge in [0.05, 0.1) is 0 Å². The fourth-order valence-corrected chi connectivity index (χ4v) is 2.75. The molecule has 3 rings (SSSR count). The number of aryl methyl sites for hydroxylation is 1. The molecule has 1 aliphatic rings. The van der Waals surface area contributed by atoms with E-state index in [0.29, 0.717) is 42.9 Å². The summed E-state index contributed by atoms with van der Waals surface area (Å²) < 4.78 is 13.3. The number of piperazine rings is 1. The zero-order valence-corrected chi connectivity index (χ0v) is 13.4. The maximum atomic E-state index is 13.3. The van der Waals surface area contributed by atoms with Crippen LogP contribution in [0.25, 0.3) is 0 Å². The molecule has 1 saturated heterocycles. The van der Waals surface area contributed by atoms with Crippen molar-refractivity contribution in [3.05, 3.63) is 65.2 Å². The molecule has 0 radical (unpaired) electrons. The summed E-state index contributed by atoms with van der Waals surface area (Å²) in [6.45, 7) is 3.52. The van der Waals surface area contributed by atoms with Crippen LogP contribution in [0.15, 0.2) is 42.7 Å². The van der Waals surface area contributed by atoms with Crippen LogP contribution in [-0.2, 0) is 0 Å². The Morgan fingerprint density at radius 1 is 0.917 bits per heavy atom. The van der Waals surface area contributed by atoms with Gasteiger partial charge in [-0.3, -0.25) is 14.6 Å². The molecule has 24 heavy (non-hydrogen) atoms. The van der Waals surface area contributed by atoms with Gasteiger partial charge in [-0.2, -0.15) is 0 Å². The average molecular weight is 327 g/mol. The SMILES string of the molecule is Cc1cc(C(=O)N2CCN(C(=O)c3ccncc3)CC2)ccc1F. The maximum absolute atomic E-state index is 13.3. The molecular weight excluding hydrogens is 309 g/mol. The highest BCUT2D eigenvalue weighted by Gasteiger charge is 2.25. The van der Waals surface area contributed by atoms with E-state index >= 15 is 0 Å². The second-order valence-electron chi connectivity index (χ2n) is 5.78. The van der Waals surface area contributed by atoms with E-state index < -0.39 is 0 Å². The molecule has 0 bridgehead atoms. The lowest BCUT2D eigenvalue weighted by Gasteiger charge is -2.35. The Labute approximate surface area is 139 Å². The van der Waals surface area contributed by atoms with E-state index in [2.05, 4.69) is 4.98 Å². The number of hydrogen-bond acceptors (Lipinski definition) is 3. The fraction of sp³-hybridized carbons (Fsp3) is 0.278. The number of carbonyl (C=O) groups excluding carboxylic acids is 2. The third-order valence-electron chi connectivity index (χ3n) is 4.19. The van der Waals surface area contributed by atoms with Crippen LogP contribution in [0.3, 0.4) is 0 Å². The largest absolute Gasteiger partial charge is 0.335 e. The molecular formula is C18H18FN3O2. The normalized spacial score (nSPS) is 14.6. The lowest BCUT2D eigenvalue weighted by Crippen LogP contribution is -2.50. The van der Waals surface area contributed by atoms with Crippen LogP contribution < -0.4 is 0 Å². The predicted molar refractivity (Wildman–Crippen MR) is 87.2 cm³/mol. The summed E-state index contributed by atoms with van der Waals surface area (Å²) >= 11 is 0. The number of hydrogen-bond donors (Lipinski definition) is 0. The van der Waals surface area contributed by atoms with E-state index in [0.717, 1.165) is 0 Å². The number of nitrogens with zero attached hydrogens (tertiary/aromatic N) is 3. The van der Waals surface area contributed by atoms with Crippen LogP contribution >= 0.6 is 0 Å². The molecule has 2 heterocycles. The summed E-state index contributed by atoms with van der Waals surface area (Å²) in [7, 11) is 0. The van der Waals surface area contributed by atoms with Crippen LogP contribution in [0.2, 0.25) is 0 Å². The minimum absolute atomic E-state index is 0.0536. The number of carbonyl (C=O) groups is 2. The van der Waals surface area contributed by atoms with E-state index in [1.54, 1.807) is 47.3 Å². The topological polar surface area (TPSA) is 53.5 Å². The highest BCUT2D eigenvalue weighted by molar-refractivity contribution is 5.96. The van der Waals surface area contributed by atoms with E-state index in [4.69, 9.17) is 0 Å². The minimum Gasteiger partial charge on any atom is -0.335 e. The molecule has 2 amide bonds. The molecule has 5 nitrogen and oxygen atoms in total. The molecule has 1 aliphatic heterocycles. The van der Waals surface area contributed by atoms with Gasteiger partial charge in [0.1, 0.15) is 5.82 Å². The smallest absolute Gasteiger partial charge is 0.254 e. The Bertz CT molecular complexity index is 756. The first-order valence-corrected chi connectivity index (χ1v) is 7.81. The first kappa shape index (κ1) is 16.1. The van der Waals surface area contributed by atoms with Gasteiger partial charge in [-0.15, -0.1) is 0 Å². The Morgan fingerprint density at radius 2 is 1.46 bits per heavy atom. The third-order valence-corrected chi connectivity index (χ3v) is 4.19. The molecule has 0 saturated carbocycles. The zero-order chi connectivity index (χ0) is 17.1. The van der Waals surface area contributed by atoms with Crippen LogP contribution in [0.1, 0.15) is 26.3 Å². The van der Waals surface area contributed by atoms with Gasteiger partial charge in [0.25, 0.3) is 11.8 Å². The summed E-state index contributed by atoms with van der Waals surface area (Å²) in [5.41, 5.74) is 1.52. The molecule has 0 atom stereocenters. The molecule has 0 aliphatic carbocycles.